The number of rotatable bonds is 4. The zero-order valence-corrected chi connectivity index (χ0v) is 14.2. The lowest BCUT2D eigenvalue weighted by Crippen LogP contribution is -2.36. The zero-order valence-electron chi connectivity index (χ0n) is 11.1. The van der Waals surface area contributed by atoms with Crippen LogP contribution in [0.5, 0.6) is 0 Å². The molecule has 1 aromatic carbocycles. The van der Waals surface area contributed by atoms with Crippen LogP contribution in [0, 0.1) is 5.82 Å². The van der Waals surface area contributed by atoms with Crippen LogP contribution in [0.2, 0.25) is 0 Å². The van der Waals surface area contributed by atoms with Gasteiger partial charge in [0.2, 0.25) is 0 Å². The summed E-state index contributed by atoms with van der Waals surface area (Å²) < 4.78 is 12.8. The summed E-state index contributed by atoms with van der Waals surface area (Å²) in [4.78, 5) is 4.14. The highest BCUT2D eigenvalue weighted by molar-refractivity contribution is 14.0. The minimum absolute atomic E-state index is 0. The predicted molar refractivity (Wildman–Crippen MR) is 93.2 cm³/mol. The summed E-state index contributed by atoms with van der Waals surface area (Å²) in [7, 11) is 1.73. The van der Waals surface area contributed by atoms with Crippen LogP contribution in [0.4, 0.5) is 4.39 Å². The molecule has 0 fully saturated rings. The Morgan fingerprint density at radius 2 is 1.75 bits per heavy atom. The van der Waals surface area contributed by atoms with Crippen molar-refractivity contribution in [3.63, 3.8) is 0 Å². The molecule has 0 aliphatic heterocycles. The topological polar surface area (TPSA) is 36.4 Å². The van der Waals surface area contributed by atoms with E-state index < -0.39 is 0 Å². The van der Waals surface area contributed by atoms with Gasteiger partial charge in [-0.05, 0) is 40.1 Å². The van der Waals surface area contributed by atoms with Crippen LogP contribution in [0.3, 0.4) is 0 Å². The molecule has 0 saturated carbocycles. The molecule has 2 rings (SSSR count). The number of aliphatic imine (C=N–C) groups is 1. The zero-order chi connectivity index (χ0) is 13.5. The molecular formula is C14H17FIN3S. The second-order valence-corrected chi connectivity index (χ2v) is 4.82. The van der Waals surface area contributed by atoms with Gasteiger partial charge >= 0.3 is 0 Å². The molecule has 6 heteroatoms. The number of halogens is 2. The highest BCUT2D eigenvalue weighted by Crippen LogP contribution is 2.05. The van der Waals surface area contributed by atoms with Crippen molar-refractivity contribution in [3.8, 4) is 0 Å². The van der Waals surface area contributed by atoms with E-state index in [1.54, 1.807) is 30.5 Å². The van der Waals surface area contributed by atoms with E-state index in [0.29, 0.717) is 6.54 Å². The Balaban J connectivity index is 0.00000200. The van der Waals surface area contributed by atoms with Crippen molar-refractivity contribution in [3.05, 3.63) is 58.0 Å². The van der Waals surface area contributed by atoms with Crippen LogP contribution in [-0.4, -0.2) is 13.0 Å². The van der Waals surface area contributed by atoms with Crippen LogP contribution in [-0.2, 0) is 13.1 Å². The number of guanidine groups is 1. The Labute approximate surface area is 139 Å². The normalized spacial score (nSPS) is 10.8. The Morgan fingerprint density at radius 1 is 1.10 bits per heavy atom. The number of thiophene rings is 1. The van der Waals surface area contributed by atoms with Gasteiger partial charge in [-0.25, -0.2) is 4.39 Å². The average Bonchev–Trinajstić information content (AvgIpc) is 2.94. The third-order valence-corrected chi connectivity index (χ3v) is 3.37. The molecule has 0 aliphatic rings. The first kappa shape index (κ1) is 16.9. The van der Waals surface area contributed by atoms with E-state index in [2.05, 4.69) is 27.1 Å². The minimum Gasteiger partial charge on any atom is -0.352 e. The molecule has 0 amide bonds. The highest BCUT2D eigenvalue weighted by Gasteiger charge is 1.99. The van der Waals surface area contributed by atoms with Crippen LogP contribution in [0.15, 0.2) is 46.1 Å². The molecule has 0 spiro atoms. The van der Waals surface area contributed by atoms with E-state index >= 15 is 0 Å². The van der Waals surface area contributed by atoms with Crippen LogP contribution < -0.4 is 10.6 Å². The Hall–Kier alpha value is -1.15. The standard InChI is InChI=1S/C14H16FN3S.HI/c1-16-14(18-9-12-6-7-19-10-12)17-8-11-2-4-13(15)5-3-11;/h2-7,10H,8-9H2,1H3,(H2,16,17,18);1H. The monoisotopic (exact) mass is 405 g/mol. The van der Waals surface area contributed by atoms with E-state index in [-0.39, 0.29) is 29.8 Å². The van der Waals surface area contributed by atoms with Gasteiger partial charge in [-0.3, -0.25) is 4.99 Å². The molecular weight excluding hydrogens is 388 g/mol. The quantitative estimate of drug-likeness (QED) is 0.465. The predicted octanol–water partition coefficient (Wildman–Crippen LogP) is 3.37. The molecule has 2 aromatic rings. The SMILES string of the molecule is CN=C(NCc1ccc(F)cc1)NCc1ccsc1.I. The fourth-order valence-corrected chi connectivity index (χ4v) is 2.26. The van der Waals surface area contributed by atoms with Crippen molar-refractivity contribution in [2.75, 3.05) is 7.05 Å². The number of hydrogen-bond acceptors (Lipinski definition) is 2. The van der Waals surface area contributed by atoms with Gasteiger partial charge in [-0.2, -0.15) is 11.3 Å². The van der Waals surface area contributed by atoms with Gasteiger partial charge in [-0.1, -0.05) is 12.1 Å². The maximum Gasteiger partial charge on any atom is 0.191 e. The Bertz CT molecular complexity index is 526. The Morgan fingerprint density at radius 3 is 2.30 bits per heavy atom. The highest BCUT2D eigenvalue weighted by atomic mass is 127. The van der Waals surface area contributed by atoms with Gasteiger partial charge in [0.05, 0.1) is 0 Å². The van der Waals surface area contributed by atoms with E-state index in [1.165, 1.54) is 17.7 Å². The second-order valence-electron chi connectivity index (χ2n) is 4.04. The third-order valence-electron chi connectivity index (χ3n) is 2.64. The van der Waals surface area contributed by atoms with Gasteiger partial charge in [0.1, 0.15) is 5.82 Å². The van der Waals surface area contributed by atoms with E-state index in [0.717, 1.165) is 18.1 Å². The lowest BCUT2D eigenvalue weighted by atomic mass is 10.2. The average molecular weight is 405 g/mol. The van der Waals surface area contributed by atoms with Crippen LogP contribution in [0.25, 0.3) is 0 Å². The van der Waals surface area contributed by atoms with E-state index in [4.69, 9.17) is 0 Å². The van der Waals surface area contributed by atoms with Crippen molar-refractivity contribution in [1.29, 1.82) is 0 Å². The van der Waals surface area contributed by atoms with Crippen molar-refractivity contribution < 1.29 is 4.39 Å². The summed E-state index contributed by atoms with van der Waals surface area (Å²) in [6.07, 6.45) is 0. The Kier molecular flexibility index (Phi) is 7.53. The molecule has 20 heavy (non-hydrogen) atoms. The molecule has 1 aromatic heterocycles. The number of nitrogens with zero attached hydrogens (tertiary/aromatic N) is 1. The van der Waals surface area contributed by atoms with Crippen molar-refractivity contribution in [1.82, 2.24) is 10.6 Å². The lowest BCUT2D eigenvalue weighted by molar-refractivity contribution is 0.626. The molecule has 3 nitrogen and oxygen atoms in total. The van der Waals surface area contributed by atoms with Crippen molar-refractivity contribution in [2.45, 2.75) is 13.1 Å². The summed E-state index contributed by atoms with van der Waals surface area (Å²) in [5, 5.41) is 10.6. The largest absolute Gasteiger partial charge is 0.352 e. The first-order valence-electron chi connectivity index (χ1n) is 5.98. The van der Waals surface area contributed by atoms with Crippen molar-refractivity contribution >= 4 is 41.3 Å². The summed E-state index contributed by atoms with van der Waals surface area (Å²) in [5.41, 5.74) is 2.25. The third kappa shape index (κ3) is 5.46. The fourth-order valence-electron chi connectivity index (χ4n) is 1.59. The first-order valence-corrected chi connectivity index (χ1v) is 6.92. The van der Waals surface area contributed by atoms with Gasteiger partial charge in [0, 0.05) is 20.1 Å². The number of benzene rings is 1. The molecule has 0 atom stereocenters. The molecule has 108 valence electrons. The smallest absolute Gasteiger partial charge is 0.191 e. The minimum atomic E-state index is -0.219. The van der Waals surface area contributed by atoms with E-state index in [9.17, 15) is 4.39 Å². The second kappa shape index (κ2) is 8.91. The maximum absolute atomic E-state index is 12.8. The molecule has 1 heterocycles. The summed E-state index contributed by atoms with van der Waals surface area (Å²) in [5.74, 6) is 0.513. The van der Waals surface area contributed by atoms with Crippen LogP contribution >= 0.6 is 35.3 Å². The molecule has 2 N–H and O–H groups in total. The van der Waals surface area contributed by atoms with Crippen molar-refractivity contribution in [2.24, 2.45) is 4.99 Å². The van der Waals surface area contributed by atoms with Gasteiger partial charge in [0.15, 0.2) is 5.96 Å². The molecule has 0 aliphatic carbocycles. The fraction of sp³-hybridized carbons (Fsp3) is 0.214. The number of hydrogen-bond donors (Lipinski definition) is 2. The number of nitrogens with one attached hydrogen (secondary N) is 2. The summed E-state index contributed by atoms with van der Waals surface area (Å²) in [6, 6.07) is 8.50. The first-order chi connectivity index (χ1) is 9.28. The molecule has 0 unspecified atom stereocenters. The molecule has 0 radical (unpaired) electrons. The molecule has 0 bridgehead atoms. The summed E-state index contributed by atoms with van der Waals surface area (Å²) in [6.45, 7) is 1.36. The maximum atomic E-state index is 12.8. The molecule has 0 saturated heterocycles. The van der Waals surface area contributed by atoms with Gasteiger partial charge < -0.3 is 10.6 Å². The van der Waals surface area contributed by atoms with Crippen LogP contribution in [0.1, 0.15) is 11.1 Å². The lowest BCUT2D eigenvalue weighted by Gasteiger charge is -2.11. The van der Waals surface area contributed by atoms with E-state index in [1.807, 2.05) is 5.38 Å². The summed E-state index contributed by atoms with van der Waals surface area (Å²) >= 11 is 1.67. The van der Waals surface area contributed by atoms with Gasteiger partial charge in [0.25, 0.3) is 0 Å². The van der Waals surface area contributed by atoms with Gasteiger partial charge in [-0.15, -0.1) is 24.0 Å².